The predicted molar refractivity (Wildman–Crippen MR) is 141 cm³/mol. The van der Waals surface area contributed by atoms with Crippen LogP contribution in [0.1, 0.15) is 17.5 Å². The lowest BCUT2D eigenvalue weighted by molar-refractivity contribution is -0.113. The number of amides is 1. The number of hydrogen-bond acceptors (Lipinski definition) is 3. The van der Waals surface area contributed by atoms with Crippen LogP contribution in [-0.2, 0) is 11.3 Å². The van der Waals surface area contributed by atoms with E-state index in [9.17, 15) is 4.79 Å². The molecule has 6 heteroatoms. The Balaban J connectivity index is 1.34. The van der Waals surface area contributed by atoms with Crippen LogP contribution in [0.3, 0.4) is 0 Å². The smallest absolute Gasteiger partial charge is 0.281 e. The van der Waals surface area contributed by atoms with Crippen molar-refractivity contribution in [2.45, 2.75) is 19.9 Å². The van der Waals surface area contributed by atoms with Crippen molar-refractivity contribution in [3.8, 4) is 5.75 Å². The van der Waals surface area contributed by atoms with Gasteiger partial charge in [-0.05, 0) is 62.0 Å². The second-order valence-electron chi connectivity index (χ2n) is 8.27. The van der Waals surface area contributed by atoms with E-state index in [1.165, 1.54) is 10.5 Å². The highest BCUT2D eigenvalue weighted by atomic mass is 32.1. The highest BCUT2D eigenvalue weighted by molar-refractivity contribution is 7.80. The summed E-state index contributed by atoms with van der Waals surface area (Å²) in [6.07, 6.45) is 4.84. The van der Waals surface area contributed by atoms with Gasteiger partial charge in [-0.3, -0.25) is 9.69 Å². The fraction of sp³-hybridized carbons (Fsp3) is 0.143. The molecule has 3 aromatic carbocycles. The van der Waals surface area contributed by atoms with E-state index in [1.54, 1.807) is 0 Å². The number of hydrogen-bond donors (Lipinski definition) is 1. The molecule has 34 heavy (non-hydrogen) atoms. The number of para-hydroxylation sites is 2. The maximum atomic E-state index is 13.1. The highest BCUT2D eigenvalue weighted by Crippen LogP contribution is 2.27. The highest BCUT2D eigenvalue weighted by Gasteiger charge is 2.32. The third kappa shape index (κ3) is 4.45. The van der Waals surface area contributed by atoms with Gasteiger partial charge in [0.15, 0.2) is 5.11 Å². The third-order valence-electron chi connectivity index (χ3n) is 5.84. The van der Waals surface area contributed by atoms with Crippen molar-refractivity contribution in [2.24, 2.45) is 0 Å². The largest absolute Gasteiger partial charge is 0.494 e. The number of fused-ring (bicyclic) bond motifs is 1. The summed E-state index contributed by atoms with van der Waals surface area (Å²) >= 11 is 5.45. The molecule has 170 valence electrons. The Bertz CT molecular complexity index is 1370. The van der Waals surface area contributed by atoms with E-state index >= 15 is 0 Å². The molecule has 1 amide bonds. The topological polar surface area (TPSA) is 46.5 Å². The Morgan fingerprint density at radius 3 is 2.50 bits per heavy atom. The Kier molecular flexibility index (Phi) is 6.14. The molecule has 1 N–H and O–H groups in total. The summed E-state index contributed by atoms with van der Waals surface area (Å²) in [5.41, 5.74) is 4.54. The average Bonchev–Trinajstić information content (AvgIpc) is 3.34. The summed E-state index contributed by atoms with van der Waals surface area (Å²) in [4.78, 5) is 14.6. The van der Waals surface area contributed by atoms with Crippen molar-refractivity contribution >= 4 is 45.9 Å². The number of aromatic nitrogens is 1. The van der Waals surface area contributed by atoms with Crippen LogP contribution in [0.5, 0.6) is 5.75 Å². The molecular weight excluding hydrogens is 442 g/mol. The molecule has 4 aromatic rings. The molecule has 0 atom stereocenters. The number of nitrogens with zero attached hydrogens (tertiary/aromatic N) is 2. The first-order chi connectivity index (χ1) is 16.6. The van der Waals surface area contributed by atoms with E-state index in [1.807, 2.05) is 60.7 Å². The second-order valence-corrected chi connectivity index (χ2v) is 8.66. The number of rotatable bonds is 7. The summed E-state index contributed by atoms with van der Waals surface area (Å²) in [5, 5.41) is 4.57. The van der Waals surface area contributed by atoms with Crippen LogP contribution < -0.4 is 15.0 Å². The summed E-state index contributed by atoms with van der Waals surface area (Å²) in [5.74, 6) is 0.734. The molecule has 5 nitrogen and oxygen atoms in total. The van der Waals surface area contributed by atoms with Crippen molar-refractivity contribution in [1.29, 1.82) is 0 Å². The van der Waals surface area contributed by atoms with Gasteiger partial charge in [-0.2, -0.15) is 0 Å². The van der Waals surface area contributed by atoms with E-state index < -0.39 is 0 Å². The monoisotopic (exact) mass is 467 g/mol. The van der Waals surface area contributed by atoms with Crippen LogP contribution in [-0.4, -0.2) is 22.2 Å². The van der Waals surface area contributed by atoms with Gasteiger partial charge in [0.1, 0.15) is 11.4 Å². The van der Waals surface area contributed by atoms with Gasteiger partial charge in [0.2, 0.25) is 0 Å². The van der Waals surface area contributed by atoms with Crippen LogP contribution in [0.2, 0.25) is 0 Å². The molecule has 0 saturated carbocycles. The molecule has 1 aromatic heterocycles. The number of nitrogens with one attached hydrogen (secondary N) is 1. The van der Waals surface area contributed by atoms with E-state index in [4.69, 9.17) is 17.0 Å². The van der Waals surface area contributed by atoms with E-state index in [0.717, 1.165) is 40.9 Å². The molecule has 0 aliphatic carbocycles. The van der Waals surface area contributed by atoms with E-state index in [-0.39, 0.29) is 5.91 Å². The molecular formula is C28H25N3O2S. The standard InChI is InChI=1S/C28H25N3O2S/c1-20-12-14-23(15-13-20)33-17-7-16-30-19-21(24-10-5-6-11-26(24)30)18-25-27(32)31(28(34)29-25)22-8-3-2-4-9-22/h2-6,8-15,18-19H,7,16-17H2,1H3,(H,29,34)/b25-18-. The van der Waals surface area contributed by atoms with Gasteiger partial charge in [-0.1, -0.05) is 54.1 Å². The summed E-state index contributed by atoms with van der Waals surface area (Å²) in [6.45, 7) is 3.51. The van der Waals surface area contributed by atoms with Crippen LogP contribution in [0.25, 0.3) is 17.0 Å². The van der Waals surface area contributed by atoms with Gasteiger partial charge in [-0.15, -0.1) is 0 Å². The molecule has 2 heterocycles. The maximum absolute atomic E-state index is 13.1. The van der Waals surface area contributed by atoms with Crippen molar-refractivity contribution < 1.29 is 9.53 Å². The zero-order valence-corrected chi connectivity index (χ0v) is 19.7. The van der Waals surface area contributed by atoms with Crippen molar-refractivity contribution in [1.82, 2.24) is 9.88 Å². The molecule has 5 rings (SSSR count). The van der Waals surface area contributed by atoms with Crippen molar-refractivity contribution in [2.75, 3.05) is 11.5 Å². The van der Waals surface area contributed by atoms with Gasteiger partial charge >= 0.3 is 0 Å². The third-order valence-corrected chi connectivity index (χ3v) is 6.13. The van der Waals surface area contributed by atoms with Crippen LogP contribution in [0.15, 0.2) is 90.8 Å². The fourth-order valence-electron chi connectivity index (χ4n) is 4.14. The average molecular weight is 468 g/mol. The van der Waals surface area contributed by atoms with Crippen molar-refractivity contribution in [3.63, 3.8) is 0 Å². The Hall–Kier alpha value is -3.90. The number of ether oxygens (including phenoxy) is 1. The zero-order chi connectivity index (χ0) is 23.5. The van der Waals surface area contributed by atoms with Crippen LogP contribution in [0.4, 0.5) is 5.69 Å². The number of thiocarbonyl (C=S) groups is 1. The number of benzene rings is 3. The molecule has 1 saturated heterocycles. The minimum absolute atomic E-state index is 0.153. The normalized spacial score (nSPS) is 14.7. The number of anilines is 1. The quantitative estimate of drug-likeness (QED) is 0.216. The van der Waals surface area contributed by atoms with Gasteiger partial charge in [0.05, 0.1) is 12.3 Å². The minimum atomic E-state index is -0.153. The molecule has 0 spiro atoms. The lowest BCUT2D eigenvalue weighted by atomic mass is 10.1. The lowest BCUT2D eigenvalue weighted by Gasteiger charge is -2.13. The Morgan fingerprint density at radius 1 is 0.971 bits per heavy atom. The molecule has 0 bridgehead atoms. The van der Waals surface area contributed by atoms with Gasteiger partial charge < -0.3 is 14.6 Å². The van der Waals surface area contributed by atoms with Crippen LogP contribution >= 0.6 is 12.2 Å². The van der Waals surface area contributed by atoms with Crippen LogP contribution in [0, 0.1) is 6.92 Å². The predicted octanol–water partition coefficient (Wildman–Crippen LogP) is 5.68. The summed E-state index contributed by atoms with van der Waals surface area (Å²) < 4.78 is 8.10. The summed E-state index contributed by atoms with van der Waals surface area (Å²) in [7, 11) is 0. The van der Waals surface area contributed by atoms with Gasteiger partial charge in [0.25, 0.3) is 5.91 Å². The van der Waals surface area contributed by atoms with Gasteiger partial charge in [-0.25, -0.2) is 0 Å². The van der Waals surface area contributed by atoms with E-state index in [0.29, 0.717) is 17.4 Å². The lowest BCUT2D eigenvalue weighted by Crippen LogP contribution is -2.30. The van der Waals surface area contributed by atoms with E-state index in [2.05, 4.69) is 47.3 Å². The van der Waals surface area contributed by atoms with Gasteiger partial charge in [0, 0.05) is 29.2 Å². The molecule has 1 aliphatic heterocycles. The first kappa shape index (κ1) is 21.9. The SMILES string of the molecule is Cc1ccc(OCCCn2cc(/C=C3\NC(=S)N(c4ccccc4)C3=O)c3ccccc32)cc1. The first-order valence-corrected chi connectivity index (χ1v) is 11.7. The summed E-state index contributed by atoms with van der Waals surface area (Å²) in [6, 6.07) is 25.8. The minimum Gasteiger partial charge on any atom is -0.494 e. The maximum Gasteiger partial charge on any atom is 0.281 e. The molecule has 1 aliphatic rings. The number of carbonyl (C=O) groups is 1. The fourth-order valence-corrected chi connectivity index (χ4v) is 4.44. The molecule has 1 fully saturated rings. The Labute approximate surface area is 204 Å². The molecule has 0 radical (unpaired) electrons. The molecule has 0 unspecified atom stereocenters. The zero-order valence-electron chi connectivity index (χ0n) is 18.9. The number of carbonyl (C=O) groups excluding carboxylic acids is 1. The number of aryl methyl sites for hydroxylation is 2. The Morgan fingerprint density at radius 2 is 1.71 bits per heavy atom. The second kappa shape index (κ2) is 9.53. The first-order valence-electron chi connectivity index (χ1n) is 11.3. The van der Waals surface area contributed by atoms with Crippen molar-refractivity contribution in [3.05, 3.63) is 102 Å².